The van der Waals surface area contributed by atoms with E-state index < -0.39 is 0 Å². The minimum atomic E-state index is 0.619. The van der Waals surface area contributed by atoms with Gasteiger partial charge in [-0.25, -0.2) is 0 Å². The maximum absolute atomic E-state index is 9.10. The molecule has 1 heterocycles. The number of H-pyrrole nitrogens is 1. The highest BCUT2D eigenvalue weighted by molar-refractivity contribution is 9.10. The summed E-state index contributed by atoms with van der Waals surface area (Å²) in [5, 5.41) is 9.78. The average molecular weight is 310 g/mol. The predicted molar refractivity (Wildman–Crippen MR) is 73.0 cm³/mol. The Kier molecular flexibility index (Phi) is 3.56. The molecule has 0 spiro atoms. The van der Waals surface area contributed by atoms with Crippen LogP contribution in [0.15, 0.2) is 28.9 Å². The van der Waals surface area contributed by atoms with Gasteiger partial charge in [0.05, 0.1) is 15.9 Å². The van der Waals surface area contributed by atoms with Gasteiger partial charge in [-0.15, -0.1) is 0 Å². The average Bonchev–Trinajstić information content (AvgIpc) is 2.70. The van der Waals surface area contributed by atoms with Crippen molar-refractivity contribution in [2.75, 3.05) is 0 Å². The number of hydrogen-bond donors (Lipinski definition) is 1. The number of aryl methyl sites for hydroxylation is 1. The van der Waals surface area contributed by atoms with Crippen molar-refractivity contribution >= 4 is 27.5 Å². The maximum Gasteiger partial charge on any atom is 0.101 e. The Hall–Kier alpha value is -1.24. The first kappa shape index (κ1) is 12.2. The van der Waals surface area contributed by atoms with Crippen LogP contribution in [0.5, 0.6) is 0 Å². The molecule has 0 unspecified atom stereocenters. The van der Waals surface area contributed by atoms with E-state index in [2.05, 4.69) is 33.9 Å². The number of nitrogens with zero attached hydrogens (tertiary/aromatic N) is 1. The molecule has 0 aliphatic rings. The van der Waals surface area contributed by atoms with E-state index in [9.17, 15) is 0 Å². The zero-order valence-corrected chi connectivity index (χ0v) is 11.6. The van der Waals surface area contributed by atoms with Gasteiger partial charge in [-0.2, -0.15) is 5.26 Å². The highest BCUT2D eigenvalue weighted by Gasteiger charge is 2.12. The van der Waals surface area contributed by atoms with E-state index in [0.29, 0.717) is 10.6 Å². The van der Waals surface area contributed by atoms with Crippen LogP contribution in [0, 0.1) is 11.3 Å². The fourth-order valence-corrected chi connectivity index (χ4v) is 2.41. The van der Waals surface area contributed by atoms with Crippen LogP contribution < -0.4 is 0 Å². The Morgan fingerprint density at radius 2 is 2.18 bits per heavy atom. The van der Waals surface area contributed by atoms with Gasteiger partial charge in [-0.05, 0) is 46.1 Å². The molecule has 0 saturated heterocycles. The van der Waals surface area contributed by atoms with Crippen LogP contribution in [0.2, 0.25) is 5.02 Å². The van der Waals surface area contributed by atoms with E-state index in [0.717, 1.165) is 22.3 Å². The minimum Gasteiger partial charge on any atom is -0.348 e. The van der Waals surface area contributed by atoms with Crippen LogP contribution in [-0.4, -0.2) is 4.98 Å². The Bertz CT molecular complexity index is 596. The molecule has 0 aliphatic carbocycles. The van der Waals surface area contributed by atoms with Crippen molar-refractivity contribution in [1.29, 1.82) is 5.26 Å². The fraction of sp³-hybridized carbons (Fsp3) is 0.154. The van der Waals surface area contributed by atoms with Gasteiger partial charge in [-0.3, -0.25) is 0 Å². The number of nitrogens with one attached hydrogen (secondary N) is 1. The summed E-state index contributed by atoms with van der Waals surface area (Å²) in [5.41, 5.74) is 3.59. The molecule has 86 valence electrons. The lowest BCUT2D eigenvalue weighted by Crippen LogP contribution is -1.89. The number of aromatic amines is 1. The third-order valence-electron chi connectivity index (χ3n) is 2.63. The van der Waals surface area contributed by atoms with E-state index in [1.807, 2.05) is 18.2 Å². The summed E-state index contributed by atoms with van der Waals surface area (Å²) >= 11 is 9.36. The van der Waals surface area contributed by atoms with Crippen LogP contribution in [0.4, 0.5) is 0 Å². The topological polar surface area (TPSA) is 39.6 Å². The van der Waals surface area contributed by atoms with Gasteiger partial charge in [-0.1, -0.05) is 24.6 Å². The smallest absolute Gasteiger partial charge is 0.101 e. The van der Waals surface area contributed by atoms with E-state index in [1.165, 1.54) is 5.56 Å². The van der Waals surface area contributed by atoms with Gasteiger partial charge in [0, 0.05) is 10.6 Å². The van der Waals surface area contributed by atoms with Crippen LogP contribution in [0.1, 0.15) is 18.1 Å². The molecule has 2 rings (SSSR count). The molecule has 0 saturated carbocycles. The molecule has 0 amide bonds. The van der Waals surface area contributed by atoms with Gasteiger partial charge in [0.1, 0.15) is 6.07 Å². The lowest BCUT2D eigenvalue weighted by Gasteiger charge is -2.07. The van der Waals surface area contributed by atoms with Crippen molar-refractivity contribution < 1.29 is 0 Å². The van der Waals surface area contributed by atoms with Crippen molar-refractivity contribution in [2.45, 2.75) is 13.3 Å². The second-order valence-electron chi connectivity index (χ2n) is 3.67. The zero-order valence-electron chi connectivity index (χ0n) is 9.22. The molecule has 0 aliphatic heterocycles. The summed E-state index contributed by atoms with van der Waals surface area (Å²) in [5.74, 6) is 0. The lowest BCUT2D eigenvalue weighted by molar-refractivity contribution is 1.14. The highest BCUT2D eigenvalue weighted by Crippen LogP contribution is 2.31. The van der Waals surface area contributed by atoms with Crippen molar-refractivity contribution in [3.05, 3.63) is 45.0 Å². The standard InChI is InChI=1S/C13H10BrClN2/c1-2-8-3-4-10(15)6-11(8)13-9(7-16)5-12(14)17-13/h3-6,17H,2H2,1H3. The minimum absolute atomic E-state index is 0.619. The molecule has 17 heavy (non-hydrogen) atoms. The quantitative estimate of drug-likeness (QED) is 0.869. The first-order valence-electron chi connectivity index (χ1n) is 5.23. The number of rotatable bonds is 2. The third kappa shape index (κ3) is 2.38. The summed E-state index contributed by atoms with van der Waals surface area (Å²) in [7, 11) is 0. The van der Waals surface area contributed by atoms with E-state index in [4.69, 9.17) is 16.9 Å². The summed E-state index contributed by atoms with van der Waals surface area (Å²) in [6, 6.07) is 9.71. The van der Waals surface area contributed by atoms with E-state index >= 15 is 0 Å². The molecule has 1 N–H and O–H groups in total. The largest absolute Gasteiger partial charge is 0.348 e. The Labute approximate surface area is 113 Å². The van der Waals surface area contributed by atoms with E-state index in [1.54, 1.807) is 6.07 Å². The summed E-state index contributed by atoms with van der Waals surface area (Å²) in [6.07, 6.45) is 0.897. The zero-order chi connectivity index (χ0) is 12.4. The van der Waals surface area contributed by atoms with Crippen molar-refractivity contribution in [3.8, 4) is 17.3 Å². The second-order valence-corrected chi connectivity index (χ2v) is 4.96. The fourth-order valence-electron chi connectivity index (χ4n) is 1.81. The van der Waals surface area contributed by atoms with Gasteiger partial charge < -0.3 is 4.98 Å². The Morgan fingerprint density at radius 1 is 1.41 bits per heavy atom. The molecule has 4 heteroatoms. The molecule has 0 radical (unpaired) electrons. The molecular formula is C13H10BrClN2. The molecular weight excluding hydrogens is 300 g/mol. The van der Waals surface area contributed by atoms with E-state index in [-0.39, 0.29) is 0 Å². The third-order valence-corrected chi connectivity index (χ3v) is 3.29. The normalized spacial score (nSPS) is 10.2. The lowest BCUT2D eigenvalue weighted by atomic mass is 10.0. The van der Waals surface area contributed by atoms with Gasteiger partial charge >= 0.3 is 0 Å². The molecule has 0 bridgehead atoms. The molecule has 1 aromatic carbocycles. The number of aromatic nitrogens is 1. The molecule has 2 aromatic rings. The van der Waals surface area contributed by atoms with Gasteiger partial charge in [0.2, 0.25) is 0 Å². The molecule has 0 fully saturated rings. The van der Waals surface area contributed by atoms with Crippen LogP contribution in [0.3, 0.4) is 0 Å². The molecule has 2 nitrogen and oxygen atoms in total. The van der Waals surface area contributed by atoms with Crippen LogP contribution in [-0.2, 0) is 6.42 Å². The number of hydrogen-bond acceptors (Lipinski definition) is 1. The van der Waals surface area contributed by atoms with Crippen molar-refractivity contribution in [3.63, 3.8) is 0 Å². The second kappa shape index (κ2) is 4.95. The number of halogens is 2. The summed E-state index contributed by atoms with van der Waals surface area (Å²) in [6.45, 7) is 2.08. The van der Waals surface area contributed by atoms with Gasteiger partial charge in [0.15, 0.2) is 0 Å². The van der Waals surface area contributed by atoms with Gasteiger partial charge in [0.25, 0.3) is 0 Å². The number of nitriles is 1. The first-order chi connectivity index (χ1) is 8.15. The maximum atomic E-state index is 9.10. The molecule has 0 atom stereocenters. The Balaban J connectivity index is 2.67. The monoisotopic (exact) mass is 308 g/mol. The first-order valence-corrected chi connectivity index (χ1v) is 6.40. The summed E-state index contributed by atoms with van der Waals surface area (Å²) in [4.78, 5) is 3.15. The summed E-state index contributed by atoms with van der Waals surface area (Å²) < 4.78 is 0.797. The van der Waals surface area contributed by atoms with Crippen LogP contribution >= 0.6 is 27.5 Å². The van der Waals surface area contributed by atoms with Crippen molar-refractivity contribution in [2.24, 2.45) is 0 Å². The number of benzene rings is 1. The van der Waals surface area contributed by atoms with Crippen LogP contribution in [0.25, 0.3) is 11.3 Å². The Morgan fingerprint density at radius 3 is 2.82 bits per heavy atom. The highest BCUT2D eigenvalue weighted by atomic mass is 79.9. The predicted octanol–water partition coefficient (Wildman–Crippen LogP) is 4.53. The molecule has 1 aromatic heterocycles. The van der Waals surface area contributed by atoms with Crippen molar-refractivity contribution in [1.82, 2.24) is 4.98 Å². The SMILES string of the molecule is CCc1ccc(Cl)cc1-c1[nH]c(Br)cc1C#N.